The molecule has 2 fully saturated rings. The molecular weight excluding hydrogens is 166 g/mol. The molecule has 1 heterocycles. The average Bonchev–Trinajstić information content (AvgIpc) is 2.58. The first-order valence-electron chi connectivity index (χ1n) is 5.14. The van der Waals surface area contributed by atoms with Gasteiger partial charge < -0.3 is 10.4 Å². The maximum absolute atomic E-state index is 10.7. The molecule has 3 atom stereocenters. The summed E-state index contributed by atoms with van der Waals surface area (Å²) in [5.74, 6) is 0.119. The lowest BCUT2D eigenvalue weighted by Gasteiger charge is -2.05. The van der Waals surface area contributed by atoms with E-state index in [0.29, 0.717) is 5.41 Å². The minimum atomic E-state index is -0.681. The van der Waals surface area contributed by atoms with Gasteiger partial charge in [-0.15, -0.1) is 0 Å². The Morgan fingerprint density at radius 2 is 2.38 bits per heavy atom. The molecule has 13 heavy (non-hydrogen) atoms. The molecule has 2 rings (SSSR count). The van der Waals surface area contributed by atoms with Gasteiger partial charge in [0, 0.05) is 6.54 Å². The first-order chi connectivity index (χ1) is 6.18. The highest BCUT2D eigenvalue weighted by molar-refractivity contribution is 5.74. The Balaban J connectivity index is 1.89. The van der Waals surface area contributed by atoms with E-state index in [9.17, 15) is 4.79 Å². The van der Waals surface area contributed by atoms with Crippen LogP contribution in [0.4, 0.5) is 0 Å². The van der Waals surface area contributed by atoms with E-state index in [4.69, 9.17) is 5.11 Å². The van der Waals surface area contributed by atoms with Gasteiger partial charge in [-0.05, 0) is 24.2 Å². The summed E-state index contributed by atoms with van der Waals surface area (Å²) in [5.41, 5.74) is 0.374. The number of carboxylic acid groups (broad SMARTS) is 1. The van der Waals surface area contributed by atoms with Gasteiger partial charge in [0.25, 0.3) is 0 Å². The van der Waals surface area contributed by atoms with Crippen LogP contribution in [0, 0.1) is 11.3 Å². The molecule has 0 unspecified atom stereocenters. The number of aliphatic carboxylic acids is 1. The summed E-state index contributed by atoms with van der Waals surface area (Å²) in [4.78, 5) is 10.7. The Kier molecular flexibility index (Phi) is 2.06. The van der Waals surface area contributed by atoms with Gasteiger partial charge in [0.15, 0.2) is 0 Å². The van der Waals surface area contributed by atoms with Crippen molar-refractivity contribution in [2.75, 3.05) is 6.54 Å². The van der Waals surface area contributed by atoms with E-state index in [1.54, 1.807) is 0 Å². The van der Waals surface area contributed by atoms with Gasteiger partial charge in [0.2, 0.25) is 0 Å². The number of hydrogen-bond donors (Lipinski definition) is 2. The van der Waals surface area contributed by atoms with Crippen molar-refractivity contribution in [1.82, 2.24) is 5.32 Å². The van der Waals surface area contributed by atoms with E-state index in [0.717, 1.165) is 18.9 Å². The van der Waals surface area contributed by atoms with Crippen molar-refractivity contribution in [1.29, 1.82) is 0 Å². The molecular formula is C10H17NO2. The molecule has 3 heteroatoms. The summed E-state index contributed by atoms with van der Waals surface area (Å²) in [7, 11) is 0. The molecule has 2 aliphatic rings. The minimum absolute atomic E-state index is 0.276. The Morgan fingerprint density at radius 1 is 1.62 bits per heavy atom. The van der Waals surface area contributed by atoms with Crippen LogP contribution in [-0.4, -0.2) is 23.7 Å². The molecule has 1 aliphatic heterocycles. The maximum Gasteiger partial charge on any atom is 0.320 e. The summed E-state index contributed by atoms with van der Waals surface area (Å²) < 4.78 is 0. The predicted molar refractivity (Wildman–Crippen MR) is 49.5 cm³/mol. The third-order valence-electron chi connectivity index (χ3n) is 3.61. The number of nitrogens with one attached hydrogen (secondary N) is 1. The fraction of sp³-hybridized carbons (Fsp3) is 0.900. The van der Waals surface area contributed by atoms with Gasteiger partial charge in [0.05, 0.1) is 0 Å². The van der Waals surface area contributed by atoms with Crippen LogP contribution in [0.3, 0.4) is 0 Å². The summed E-state index contributed by atoms with van der Waals surface area (Å²) in [5, 5.41) is 11.9. The zero-order chi connectivity index (χ0) is 9.47. The fourth-order valence-corrected chi connectivity index (χ4v) is 2.71. The topological polar surface area (TPSA) is 49.3 Å². The summed E-state index contributed by atoms with van der Waals surface area (Å²) in [6.45, 7) is 3.12. The van der Waals surface area contributed by atoms with Crippen LogP contribution >= 0.6 is 0 Å². The zero-order valence-corrected chi connectivity index (χ0v) is 8.05. The number of hydrogen-bond acceptors (Lipinski definition) is 2. The minimum Gasteiger partial charge on any atom is -0.480 e. The third-order valence-corrected chi connectivity index (χ3v) is 3.61. The number of carbonyl (C=O) groups is 1. The molecule has 0 bridgehead atoms. The molecule has 1 saturated heterocycles. The van der Waals surface area contributed by atoms with Gasteiger partial charge in [-0.25, -0.2) is 0 Å². The smallest absolute Gasteiger partial charge is 0.320 e. The van der Waals surface area contributed by atoms with Gasteiger partial charge >= 0.3 is 5.97 Å². The van der Waals surface area contributed by atoms with E-state index in [1.165, 1.54) is 19.3 Å². The zero-order valence-electron chi connectivity index (χ0n) is 8.05. The molecule has 74 valence electrons. The Labute approximate surface area is 78.5 Å². The second kappa shape index (κ2) is 2.98. The third kappa shape index (κ3) is 1.46. The van der Waals surface area contributed by atoms with Crippen molar-refractivity contribution < 1.29 is 9.90 Å². The van der Waals surface area contributed by atoms with E-state index in [2.05, 4.69) is 12.2 Å². The summed E-state index contributed by atoms with van der Waals surface area (Å²) in [6.07, 6.45) is 4.60. The first-order valence-corrected chi connectivity index (χ1v) is 5.14. The predicted octanol–water partition coefficient (Wildman–Crippen LogP) is 1.24. The van der Waals surface area contributed by atoms with Crippen molar-refractivity contribution in [3.63, 3.8) is 0 Å². The highest BCUT2D eigenvalue weighted by Gasteiger charge is 2.57. The van der Waals surface area contributed by atoms with Gasteiger partial charge in [-0.3, -0.25) is 4.79 Å². The first kappa shape index (κ1) is 9.00. The quantitative estimate of drug-likeness (QED) is 0.692. The fourth-order valence-electron chi connectivity index (χ4n) is 2.71. The Hall–Kier alpha value is -0.570. The molecule has 0 aromatic rings. The van der Waals surface area contributed by atoms with Crippen molar-refractivity contribution in [3.05, 3.63) is 0 Å². The highest BCUT2D eigenvalue weighted by Crippen LogP contribution is 2.59. The van der Waals surface area contributed by atoms with Crippen LogP contribution < -0.4 is 5.32 Å². The van der Waals surface area contributed by atoms with E-state index >= 15 is 0 Å². The molecule has 1 saturated carbocycles. The van der Waals surface area contributed by atoms with E-state index in [1.807, 2.05) is 0 Å². The van der Waals surface area contributed by atoms with Gasteiger partial charge in [0.1, 0.15) is 6.04 Å². The summed E-state index contributed by atoms with van der Waals surface area (Å²) in [6, 6.07) is -0.276. The molecule has 2 N–H and O–H groups in total. The molecule has 0 aromatic heterocycles. The SMILES string of the molecule is CCC[C@H]1C[C@]12CN[C@H](C(=O)O)C2. The highest BCUT2D eigenvalue weighted by atomic mass is 16.4. The Morgan fingerprint density at radius 3 is 2.92 bits per heavy atom. The Bertz CT molecular complexity index is 229. The van der Waals surface area contributed by atoms with Crippen LogP contribution in [0.25, 0.3) is 0 Å². The largest absolute Gasteiger partial charge is 0.480 e. The lowest BCUT2D eigenvalue weighted by molar-refractivity contribution is -0.139. The van der Waals surface area contributed by atoms with Crippen molar-refractivity contribution in [2.24, 2.45) is 11.3 Å². The second-order valence-electron chi connectivity index (χ2n) is 4.53. The molecule has 3 nitrogen and oxygen atoms in total. The van der Waals surface area contributed by atoms with Crippen molar-refractivity contribution >= 4 is 5.97 Å². The summed E-state index contributed by atoms with van der Waals surface area (Å²) >= 11 is 0. The van der Waals surface area contributed by atoms with Crippen LogP contribution in [0.5, 0.6) is 0 Å². The van der Waals surface area contributed by atoms with Crippen LogP contribution in [-0.2, 0) is 4.79 Å². The van der Waals surface area contributed by atoms with Crippen LogP contribution in [0.2, 0.25) is 0 Å². The molecule has 1 spiro atoms. The number of carboxylic acids is 1. The van der Waals surface area contributed by atoms with Crippen molar-refractivity contribution in [3.8, 4) is 0 Å². The lowest BCUT2D eigenvalue weighted by Crippen LogP contribution is -2.29. The lowest BCUT2D eigenvalue weighted by atomic mass is 9.98. The molecule has 1 aliphatic carbocycles. The standard InChI is InChI=1S/C10H17NO2/c1-2-3-7-4-10(7)5-8(9(12)13)11-6-10/h7-8,11H,2-6H2,1H3,(H,12,13)/t7-,8-,10-/m0/s1. The molecule has 0 amide bonds. The molecule has 0 aromatic carbocycles. The second-order valence-corrected chi connectivity index (χ2v) is 4.53. The van der Waals surface area contributed by atoms with Crippen LogP contribution in [0.15, 0.2) is 0 Å². The normalized spacial score (nSPS) is 42.5. The van der Waals surface area contributed by atoms with Gasteiger partial charge in [-0.2, -0.15) is 0 Å². The van der Waals surface area contributed by atoms with Gasteiger partial charge in [-0.1, -0.05) is 19.8 Å². The van der Waals surface area contributed by atoms with E-state index in [-0.39, 0.29) is 6.04 Å². The maximum atomic E-state index is 10.7. The monoisotopic (exact) mass is 183 g/mol. The van der Waals surface area contributed by atoms with Crippen LogP contribution in [0.1, 0.15) is 32.6 Å². The van der Waals surface area contributed by atoms with E-state index < -0.39 is 5.97 Å². The average molecular weight is 183 g/mol. The number of rotatable bonds is 3. The van der Waals surface area contributed by atoms with Crippen molar-refractivity contribution in [2.45, 2.75) is 38.6 Å². The molecule has 0 radical (unpaired) electrons.